The second-order valence-electron chi connectivity index (χ2n) is 8.37. The topological polar surface area (TPSA) is 87.4 Å². The average Bonchev–Trinajstić information content (AvgIpc) is 3.16. The van der Waals surface area contributed by atoms with Crippen molar-refractivity contribution in [1.82, 2.24) is 14.3 Å². The lowest BCUT2D eigenvalue weighted by molar-refractivity contribution is -0.189. The number of carbonyl (C=O) groups excluding carboxylic acids is 1. The van der Waals surface area contributed by atoms with E-state index in [1.54, 1.807) is 0 Å². The Morgan fingerprint density at radius 1 is 1.18 bits per heavy atom. The Kier molecular flexibility index (Phi) is 6.99. The molecule has 2 heterocycles. The highest BCUT2D eigenvalue weighted by Gasteiger charge is 2.39. The molecular weight excluding hydrogens is 529 g/mol. The fourth-order valence-electron chi connectivity index (χ4n) is 3.73. The molecule has 1 N–H and O–H groups in total. The van der Waals surface area contributed by atoms with Crippen molar-refractivity contribution in [2.24, 2.45) is 0 Å². The molecule has 3 aromatic rings. The number of fused-ring (bicyclic) bond motifs is 1. The average molecular weight is 548 g/mol. The number of aryl methyl sites for hydroxylation is 1. The molecule has 0 fully saturated rings. The Hall–Kier alpha value is -3.88. The van der Waals surface area contributed by atoms with Gasteiger partial charge in [0.15, 0.2) is 11.9 Å². The van der Waals surface area contributed by atoms with Crippen molar-refractivity contribution >= 4 is 11.6 Å². The van der Waals surface area contributed by atoms with Crippen molar-refractivity contribution in [1.29, 1.82) is 0 Å². The maximum absolute atomic E-state index is 15.2. The van der Waals surface area contributed by atoms with Crippen LogP contribution in [0.5, 0.6) is 5.75 Å². The minimum absolute atomic E-state index is 0.00578. The summed E-state index contributed by atoms with van der Waals surface area (Å²) in [7, 11) is 0. The Bertz CT molecular complexity index is 1440. The van der Waals surface area contributed by atoms with Crippen molar-refractivity contribution in [3.05, 3.63) is 69.1 Å². The predicted molar refractivity (Wildman–Crippen MR) is 118 cm³/mol. The van der Waals surface area contributed by atoms with Crippen LogP contribution in [0.1, 0.15) is 34.2 Å². The van der Waals surface area contributed by atoms with Gasteiger partial charge in [0.05, 0.1) is 30.0 Å². The van der Waals surface area contributed by atoms with Gasteiger partial charge in [-0.25, -0.2) is 9.18 Å². The largest absolute Gasteiger partial charge is 0.480 e. The second-order valence-corrected chi connectivity index (χ2v) is 8.37. The molecule has 15 heteroatoms. The molecule has 2 aromatic carbocycles. The minimum Gasteiger partial charge on any atom is -0.480 e. The fraction of sp³-hybridized carbons (Fsp3) is 0.348. The zero-order valence-electron chi connectivity index (χ0n) is 19.7. The van der Waals surface area contributed by atoms with Crippen molar-refractivity contribution < 1.29 is 45.0 Å². The Labute approximate surface area is 209 Å². The fourth-order valence-corrected chi connectivity index (χ4v) is 3.73. The Morgan fingerprint density at radius 3 is 2.53 bits per heavy atom. The van der Waals surface area contributed by atoms with E-state index in [2.05, 4.69) is 5.10 Å². The van der Waals surface area contributed by atoms with Crippen LogP contribution in [-0.4, -0.2) is 39.1 Å². The summed E-state index contributed by atoms with van der Waals surface area (Å²) in [5, 5.41) is 5.94. The van der Waals surface area contributed by atoms with Gasteiger partial charge in [-0.3, -0.25) is 9.36 Å². The van der Waals surface area contributed by atoms with Crippen LogP contribution in [0.2, 0.25) is 0 Å². The van der Waals surface area contributed by atoms with E-state index in [0.717, 1.165) is 6.07 Å². The van der Waals surface area contributed by atoms with E-state index >= 15 is 4.39 Å². The van der Waals surface area contributed by atoms with Crippen LogP contribution in [0.25, 0.3) is 5.69 Å². The first-order chi connectivity index (χ1) is 17.7. The standard InChI is InChI=1S/C23H19F7N4O4/c1-11-4-3-5-14(23(28,29)30)19(11)31-20(35)13-8-15(24)16(9-17(13)38-12(2)22(25,26)27)34-21(36)33-6-7-37-10-18(33)32-34/h3-5,8-9,12H,6-7,10H2,1-2H3,(H,31,35). The number of hydrogen-bond donors (Lipinski definition) is 1. The molecule has 0 saturated heterocycles. The van der Waals surface area contributed by atoms with Crippen LogP contribution in [0.3, 0.4) is 0 Å². The molecule has 0 saturated carbocycles. The molecule has 1 aliphatic heterocycles. The van der Waals surface area contributed by atoms with Crippen LogP contribution in [0, 0.1) is 12.7 Å². The van der Waals surface area contributed by atoms with Crippen LogP contribution >= 0.6 is 0 Å². The van der Waals surface area contributed by atoms with E-state index in [1.165, 1.54) is 17.6 Å². The van der Waals surface area contributed by atoms with Gasteiger partial charge in [-0.05, 0) is 31.5 Å². The molecule has 204 valence electrons. The van der Waals surface area contributed by atoms with Crippen molar-refractivity contribution in [2.45, 2.75) is 45.5 Å². The molecule has 0 spiro atoms. The summed E-state index contributed by atoms with van der Waals surface area (Å²) >= 11 is 0. The number of aromatic nitrogens is 3. The normalized spacial score (nSPS) is 14.7. The van der Waals surface area contributed by atoms with Gasteiger partial charge in [0.1, 0.15) is 23.9 Å². The van der Waals surface area contributed by atoms with E-state index in [0.29, 0.717) is 29.8 Å². The SMILES string of the molecule is Cc1cccc(C(F)(F)F)c1NC(=O)c1cc(F)c(-n2nc3n(c2=O)CCOC3)cc1OC(C)C(F)(F)F. The smallest absolute Gasteiger partial charge is 0.425 e. The van der Waals surface area contributed by atoms with Gasteiger partial charge >= 0.3 is 18.0 Å². The van der Waals surface area contributed by atoms with Gasteiger partial charge in [0.25, 0.3) is 5.91 Å². The number of rotatable bonds is 5. The van der Waals surface area contributed by atoms with E-state index < -0.39 is 64.1 Å². The van der Waals surface area contributed by atoms with Crippen LogP contribution in [0.15, 0.2) is 35.1 Å². The summed E-state index contributed by atoms with van der Waals surface area (Å²) in [6, 6.07) is 4.21. The van der Waals surface area contributed by atoms with Gasteiger partial charge in [0.2, 0.25) is 0 Å². The number of nitrogens with one attached hydrogen (secondary N) is 1. The molecule has 1 unspecified atom stereocenters. The van der Waals surface area contributed by atoms with Gasteiger partial charge < -0.3 is 14.8 Å². The Morgan fingerprint density at radius 2 is 1.89 bits per heavy atom. The third-order valence-electron chi connectivity index (χ3n) is 5.73. The molecule has 0 bridgehead atoms. The molecule has 1 aromatic heterocycles. The number of para-hydroxylation sites is 1. The van der Waals surface area contributed by atoms with E-state index in [4.69, 9.17) is 9.47 Å². The van der Waals surface area contributed by atoms with Crippen LogP contribution in [0.4, 0.5) is 36.4 Å². The van der Waals surface area contributed by atoms with Gasteiger partial charge in [-0.15, -0.1) is 5.10 Å². The molecule has 1 aliphatic rings. The van der Waals surface area contributed by atoms with Gasteiger partial charge in [0, 0.05) is 6.07 Å². The second kappa shape index (κ2) is 9.78. The first kappa shape index (κ1) is 27.2. The van der Waals surface area contributed by atoms with Crippen molar-refractivity contribution in [3.8, 4) is 11.4 Å². The molecule has 1 atom stereocenters. The maximum Gasteiger partial charge on any atom is 0.425 e. The number of alkyl halides is 6. The summed E-state index contributed by atoms with van der Waals surface area (Å²) in [4.78, 5) is 25.7. The maximum atomic E-state index is 15.2. The molecule has 38 heavy (non-hydrogen) atoms. The molecule has 0 aliphatic carbocycles. The summed E-state index contributed by atoms with van der Waals surface area (Å²) in [6.07, 6.45) is -12.3. The summed E-state index contributed by atoms with van der Waals surface area (Å²) in [5.74, 6) is -3.33. The van der Waals surface area contributed by atoms with Crippen LogP contribution in [-0.2, 0) is 24.1 Å². The first-order valence-corrected chi connectivity index (χ1v) is 11.0. The van der Waals surface area contributed by atoms with Crippen LogP contribution < -0.4 is 15.7 Å². The van der Waals surface area contributed by atoms with Gasteiger partial charge in [-0.1, -0.05) is 12.1 Å². The molecule has 8 nitrogen and oxygen atoms in total. The molecule has 0 radical (unpaired) electrons. The summed E-state index contributed by atoms with van der Waals surface area (Å²) < 4.78 is 107. The number of benzene rings is 2. The van der Waals surface area contributed by atoms with Crippen molar-refractivity contribution in [2.75, 3.05) is 11.9 Å². The Balaban J connectivity index is 1.82. The molecule has 1 amide bonds. The number of hydrogen-bond acceptors (Lipinski definition) is 5. The highest BCUT2D eigenvalue weighted by Crippen LogP contribution is 2.37. The highest BCUT2D eigenvalue weighted by atomic mass is 19.4. The number of nitrogens with zero attached hydrogens (tertiary/aromatic N) is 3. The molecule has 4 rings (SSSR count). The zero-order valence-corrected chi connectivity index (χ0v) is 19.7. The van der Waals surface area contributed by atoms with E-state index in [9.17, 15) is 35.9 Å². The lowest BCUT2D eigenvalue weighted by Crippen LogP contribution is -2.32. The minimum atomic E-state index is -4.91. The van der Waals surface area contributed by atoms with E-state index in [1.807, 2.05) is 5.32 Å². The number of halogens is 7. The first-order valence-electron chi connectivity index (χ1n) is 11.0. The number of carbonyl (C=O) groups is 1. The highest BCUT2D eigenvalue weighted by molar-refractivity contribution is 6.07. The quantitative estimate of drug-likeness (QED) is 0.471. The number of ether oxygens (including phenoxy) is 2. The third-order valence-corrected chi connectivity index (χ3v) is 5.73. The summed E-state index contributed by atoms with van der Waals surface area (Å²) in [5.41, 5.74) is -4.17. The lowest BCUT2D eigenvalue weighted by atomic mass is 10.1. The predicted octanol–water partition coefficient (Wildman–Crippen LogP) is 4.61. The molecular formula is C23H19F7N4O4. The summed E-state index contributed by atoms with van der Waals surface area (Å²) in [6.45, 7) is 2.09. The number of anilines is 1. The number of amides is 1. The monoisotopic (exact) mass is 548 g/mol. The third kappa shape index (κ3) is 5.23. The van der Waals surface area contributed by atoms with Crippen molar-refractivity contribution in [3.63, 3.8) is 0 Å². The van der Waals surface area contributed by atoms with Gasteiger partial charge in [-0.2, -0.15) is 31.0 Å². The zero-order chi connectivity index (χ0) is 28.0. The van der Waals surface area contributed by atoms with E-state index in [-0.39, 0.29) is 31.1 Å². The lowest BCUT2D eigenvalue weighted by Gasteiger charge is -2.21.